The van der Waals surface area contributed by atoms with E-state index in [-0.39, 0.29) is 42.6 Å². The number of carbonyl (C=O) groups is 2. The van der Waals surface area contributed by atoms with Crippen molar-refractivity contribution in [1.29, 1.82) is 0 Å². The molecule has 1 aromatic carbocycles. The molecule has 2 saturated heterocycles. The van der Waals surface area contributed by atoms with E-state index in [0.29, 0.717) is 12.6 Å². The molecular formula is C26H40FN3O4. The molecule has 0 saturated carbocycles. The van der Waals surface area contributed by atoms with Crippen LogP contribution >= 0.6 is 0 Å². The first-order chi connectivity index (χ1) is 16.3. The van der Waals surface area contributed by atoms with E-state index in [9.17, 15) is 14.0 Å². The number of ether oxygens (including phenoxy) is 2. The highest BCUT2D eigenvalue weighted by molar-refractivity contribution is 5.92. The molecule has 1 aromatic rings. The minimum atomic E-state index is -0.300. The largest absolute Gasteiger partial charge is 0.447 e. The zero-order valence-electron chi connectivity index (χ0n) is 21.0. The third-order valence-electron chi connectivity index (χ3n) is 7.35. The summed E-state index contributed by atoms with van der Waals surface area (Å²) in [6.45, 7) is 8.35. The zero-order valence-corrected chi connectivity index (χ0v) is 21.0. The Morgan fingerprint density at radius 1 is 1.12 bits per heavy atom. The molecule has 0 spiro atoms. The second kappa shape index (κ2) is 12.5. The van der Waals surface area contributed by atoms with Crippen LogP contribution in [0, 0.1) is 5.82 Å². The molecule has 0 bridgehead atoms. The standard InChI is InChI=1S/C26H40FN3O4/c1-5-22(18-25-9-6-19(2)29(25)26(32)34-17-16-33-4)28-14-12-24(13-15-28)30(20(3)31)23-10-7-21(27)8-11-23/h7-8,10-11,19,22,24-25H,5-6,9,12-18H2,1-4H3. The van der Waals surface area contributed by atoms with Crippen molar-refractivity contribution in [1.82, 2.24) is 9.80 Å². The van der Waals surface area contributed by atoms with E-state index in [1.165, 1.54) is 12.1 Å². The average molecular weight is 478 g/mol. The summed E-state index contributed by atoms with van der Waals surface area (Å²) in [6, 6.07) is 7.02. The number of anilines is 1. The van der Waals surface area contributed by atoms with E-state index in [1.54, 1.807) is 26.2 Å². The quantitative estimate of drug-likeness (QED) is 0.492. The fourth-order valence-corrected chi connectivity index (χ4v) is 5.57. The number of hydrogen-bond donors (Lipinski definition) is 0. The SMILES string of the molecule is CCC(CC1CCC(C)N1C(=O)OCCOC)N1CCC(N(C(C)=O)c2ccc(F)cc2)CC1. The lowest BCUT2D eigenvalue weighted by molar-refractivity contribution is -0.117. The van der Waals surface area contributed by atoms with Crippen LogP contribution in [0.2, 0.25) is 0 Å². The monoisotopic (exact) mass is 477 g/mol. The van der Waals surface area contributed by atoms with Crippen molar-refractivity contribution in [2.24, 2.45) is 0 Å². The molecule has 2 aliphatic rings. The molecule has 2 amide bonds. The van der Waals surface area contributed by atoms with Crippen LogP contribution in [0.25, 0.3) is 0 Å². The lowest BCUT2D eigenvalue weighted by Crippen LogP contribution is -2.51. The highest BCUT2D eigenvalue weighted by Gasteiger charge is 2.38. The van der Waals surface area contributed by atoms with Gasteiger partial charge in [0.2, 0.25) is 5.91 Å². The van der Waals surface area contributed by atoms with E-state index in [4.69, 9.17) is 9.47 Å². The normalized spacial score (nSPS) is 22.6. The lowest BCUT2D eigenvalue weighted by Gasteiger charge is -2.42. The highest BCUT2D eigenvalue weighted by Crippen LogP contribution is 2.31. The van der Waals surface area contributed by atoms with Crippen LogP contribution in [0.3, 0.4) is 0 Å². The van der Waals surface area contributed by atoms with Gasteiger partial charge >= 0.3 is 6.09 Å². The third kappa shape index (κ3) is 6.48. The van der Waals surface area contributed by atoms with E-state index in [0.717, 1.165) is 57.3 Å². The minimum Gasteiger partial charge on any atom is -0.447 e. The van der Waals surface area contributed by atoms with Gasteiger partial charge in [0.15, 0.2) is 0 Å². The lowest BCUT2D eigenvalue weighted by atomic mass is 9.96. The first-order valence-electron chi connectivity index (χ1n) is 12.6. The van der Waals surface area contributed by atoms with Gasteiger partial charge in [-0.05, 0) is 69.7 Å². The Morgan fingerprint density at radius 3 is 2.38 bits per heavy atom. The summed E-state index contributed by atoms with van der Waals surface area (Å²) in [4.78, 5) is 31.4. The number of halogens is 1. The van der Waals surface area contributed by atoms with Crippen molar-refractivity contribution in [3.05, 3.63) is 30.1 Å². The van der Waals surface area contributed by atoms with Crippen LogP contribution in [-0.4, -0.2) is 79.4 Å². The van der Waals surface area contributed by atoms with E-state index < -0.39 is 0 Å². The van der Waals surface area contributed by atoms with Crippen LogP contribution in [0.15, 0.2) is 24.3 Å². The molecule has 190 valence electrons. The number of carbonyl (C=O) groups excluding carboxylic acids is 2. The number of benzene rings is 1. The molecular weight excluding hydrogens is 437 g/mol. The number of amides is 2. The molecule has 8 heteroatoms. The maximum absolute atomic E-state index is 13.4. The Hall–Kier alpha value is -2.19. The Kier molecular flexibility index (Phi) is 9.71. The minimum absolute atomic E-state index is 0.0142. The molecule has 2 aliphatic heterocycles. The maximum atomic E-state index is 13.4. The number of rotatable bonds is 9. The van der Waals surface area contributed by atoms with Gasteiger partial charge in [0, 0.05) is 57.0 Å². The van der Waals surface area contributed by atoms with Gasteiger partial charge in [-0.1, -0.05) is 6.92 Å². The number of piperidine rings is 1. The van der Waals surface area contributed by atoms with Crippen LogP contribution < -0.4 is 4.90 Å². The Morgan fingerprint density at radius 2 is 1.79 bits per heavy atom. The fraction of sp³-hybridized carbons (Fsp3) is 0.692. The fourth-order valence-electron chi connectivity index (χ4n) is 5.57. The first-order valence-corrected chi connectivity index (χ1v) is 12.6. The second-order valence-corrected chi connectivity index (χ2v) is 9.52. The highest BCUT2D eigenvalue weighted by atomic mass is 19.1. The molecule has 7 nitrogen and oxygen atoms in total. The number of nitrogens with zero attached hydrogens (tertiary/aromatic N) is 3. The van der Waals surface area contributed by atoms with E-state index >= 15 is 0 Å². The second-order valence-electron chi connectivity index (χ2n) is 9.52. The van der Waals surface area contributed by atoms with E-state index in [1.807, 2.05) is 9.80 Å². The van der Waals surface area contributed by atoms with Crippen LogP contribution in [0.5, 0.6) is 0 Å². The number of hydrogen-bond acceptors (Lipinski definition) is 5. The predicted octanol–water partition coefficient (Wildman–Crippen LogP) is 4.45. The Labute approximate surface area is 203 Å². The van der Waals surface area contributed by atoms with Crippen molar-refractivity contribution >= 4 is 17.7 Å². The van der Waals surface area contributed by atoms with Crippen LogP contribution in [0.4, 0.5) is 14.9 Å². The number of likely N-dealkylation sites (tertiary alicyclic amines) is 2. The Bertz CT molecular complexity index is 798. The molecule has 3 rings (SSSR count). The topological polar surface area (TPSA) is 62.3 Å². The molecule has 0 radical (unpaired) electrons. The van der Waals surface area contributed by atoms with Gasteiger partial charge in [-0.25, -0.2) is 9.18 Å². The zero-order chi connectivity index (χ0) is 24.7. The molecule has 0 aliphatic carbocycles. The van der Waals surface area contributed by atoms with Gasteiger partial charge in [0.05, 0.1) is 6.61 Å². The smallest absolute Gasteiger partial charge is 0.410 e. The molecule has 2 fully saturated rings. The molecule has 0 N–H and O–H groups in total. The first kappa shape index (κ1) is 26.4. The van der Waals surface area contributed by atoms with Crippen LogP contribution in [-0.2, 0) is 14.3 Å². The van der Waals surface area contributed by atoms with E-state index in [2.05, 4.69) is 18.7 Å². The summed E-state index contributed by atoms with van der Waals surface area (Å²) in [5.41, 5.74) is 0.752. The average Bonchev–Trinajstić information content (AvgIpc) is 3.19. The predicted molar refractivity (Wildman–Crippen MR) is 130 cm³/mol. The van der Waals surface area contributed by atoms with Gasteiger partial charge in [-0.15, -0.1) is 0 Å². The summed E-state index contributed by atoms with van der Waals surface area (Å²) in [7, 11) is 1.60. The van der Waals surface area contributed by atoms with Crippen molar-refractivity contribution in [3.63, 3.8) is 0 Å². The third-order valence-corrected chi connectivity index (χ3v) is 7.35. The summed E-state index contributed by atoms with van der Waals surface area (Å²) < 4.78 is 23.8. The summed E-state index contributed by atoms with van der Waals surface area (Å²) in [5.74, 6) is -0.314. The van der Waals surface area contributed by atoms with Gasteiger partial charge in [-0.3, -0.25) is 4.79 Å². The van der Waals surface area contributed by atoms with Gasteiger partial charge in [-0.2, -0.15) is 0 Å². The molecule has 3 unspecified atom stereocenters. The van der Waals surface area contributed by atoms with Gasteiger partial charge in [0.1, 0.15) is 12.4 Å². The van der Waals surface area contributed by atoms with Crippen molar-refractivity contribution in [3.8, 4) is 0 Å². The molecule has 34 heavy (non-hydrogen) atoms. The van der Waals surface area contributed by atoms with Crippen molar-refractivity contribution in [2.45, 2.75) is 83.5 Å². The van der Waals surface area contributed by atoms with Crippen molar-refractivity contribution < 1.29 is 23.5 Å². The number of methoxy groups -OCH3 is 1. The van der Waals surface area contributed by atoms with Crippen LogP contribution in [0.1, 0.15) is 59.3 Å². The Balaban J connectivity index is 1.59. The van der Waals surface area contributed by atoms with Gasteiger partial charge < -0.3 is 24.2 Å². The summed E-state index contributed by atoms with van der Waals surface area (Å²) in [6.07, 6.45) is 5.44. The summed E-state index contributed by atoms with van der Waals surface area (Å²) in [5, 5.41) is 0. The maximum Gasteiger partial charge on any atom is 0.410 e. The van der Waals surface area contributed by atoms with Gasteiger partial charge in [0.25, 0.3) is 0 Å². The molecule has 2 heterocycles. The summed E-state index contributed by atoms with van der Waals surface area (Å²) >= 11 is 0. The molecule has 0 aromatic heterocycles. The molecule has 3 atom stereocenters. The van der Waals surface area contributed by atoms with Crippen molar-refractivity contribution in [2.75, 3.05) is 38.3 Å².